The average molecular weight is 316 g/mol. The van der Waals surface area contributed by atoms with E-state index in [0.29, 0.717) is 16.5 Å². The maximum Gasteiger partial charge on any atom is 0.138 e. The first kappa shape index (κ1) is 15.1. The summed E-state index contributed by atoms with van der Waals surface area (Å²) in [6.07, 6.45) is 1.45. The lowest BCUT2D eigenvalue weighted by Crippen LogP contribution is -2.06. The summed E-state index contributed by atoms with van der Waals surface area (Å²) in [5.74, 6) is 2.94. The van der Waals surface area contributed by atoms with Crippen molar-refractivity contribution in [1.82, 2.24) is 14.8 Å². The van der Waals surface area contributed by atoms with E-state index in [-0.39, 0.29) is 6.54 Å². The SMILES string of the molecule is COc1ccc(CSCc2ncnn2CCF)cc1Cl. The van der Waals surface area contributed by atoms with E-state index in [2.05, 4.69) is 10.1 Å². The number of benzene rings is 1. The van der Waals surface area contributed by atoms with Crippen LogP contribution in [0.3, 0.4) is 0 Å². The van der Waals surface area contributed by atoms with Crippen molar-refractivity contribution in [2.45, 2.75) is 18.1 Å². The quantitative estimate of drug-likeness (QED) is 0.785. The van der Waals surface area contributed by atoms with Gasteiger partial charge in [0.1, 0.15) is 24.6 Å². The molecule has 20 heavy (non-hydrogen) atoms. The third-order valence-corrected chi connectivity index (χ3v) is 4.00. The van der Waals surface area contributed by atoms with E-state index in [4.69, 9.17) is 16.3 Å². The number of nitrogens with zero attached hydrogens (tertiary/aromatic N) is 3. The Morgan fingerprint density at radius 2 is 2.25 bits per heavy atom. The van der Waals surface area contributed by atoms with Crippen LogP contribution in [0.2, 0.25) is 5.02 Å². The predicted octanol–water partition coefficient (Wildman–Crippen LogP) is 3.34. The molecule has 0 aliphatic carbocycles. The van der Waals surface area contributed by atoms with Crippen LogP contribution in [0.25, 0.3) is 0 Å². The number of hydrogen-bond donors (Lipinski definition) is 0. The van der Waals surface area contributed by atoms with Gasteiger partial charge in [0.25, 0.3) is 0 Å². The van der Waals surface area contributed by atoms with Gasteiger partial charge in [-0.15, -0.1) is 11.8 Å². The second kappa shape index (κ2) is 7.50. The van der Waals surface area contributed by atoms with Gasteiger partial charge >= 0.3 is 0 Å². The fourth-order valence-electron chi connectivity index (χ4n) is 1.73. The number of hydrogen-bond acceptors (Lipinski definition) is 4. The van der Waals surface area contributed by atoms with Crippen LogP contribution in [0.5, 0.6) is 5.75 Å². The van der Waals surface area contributed by atoms with Crippen LogP contribution in [-0.4, -0.2) is 28.5 Å². The van der Waals surface area contributed by atoms with Crippen LogP contribution in [0.1, 0.15) is 11.4 Å². The monoisotopic (exact) mass is 315 g/mol. The number of halogens is 2. The summed E-state index contributed by atoms with van der Waals surface area (Å²) < 4.78 is 19.0. The zero-order valence-electron chi connectivity index (χ0n) is 11.1. The molecule has 1 heterocycles. The molecule has 2 aromatic rings. The average Bonchev–Trinajstić information content (AvgIpc) is 2.87. The Hall–Kier alpha value is -1.27. The summed E-state index contributed by atoms with van der Waals surface area (Å²) >= 11 is 7.75. The molecule has 0 amide bonds. The minimum absolute atomic E-state index is 0.254. The number of alkyl halides is 1. The minimum atomic E-state index is -0.435. The number of thioether (sulfide) groups is 1. The summed E-state index contributed by atoms with van der Waals surface area (Å²) in [5, 5.41) is 4.59. The van der Waals surface area contributed by atoms with Crippen molar-refractivity contribution in [1.29, 1.82) is 0 Å². The van der Waals surface area contributed by atoms with Gasteiger partial charge in [0.15, 0.2) is 0 Å². The predicted molar refractivity (Wildman–Crippen MR) is 79.0 cm³/mol. The molecule has 0 spiro atoms. The first-order valence-corrected chi connectivity index (χ1v) is 7.60. The second-order valence-corrected chi connectivity index (χ2v) is 5.44. The first-order valence-electron chi connectivity index (χ1n) is 6.07. The second-order valence-electron chi connectivity index (χ2n) is 4.05. The Labute approximate surface area is 126 Å². The Balaban J connectivity index is 1.89. The zero-order valence-corrected chi connectivity index (χ0v) is 12.6. The largest absolute Gasteiger partial charge is 0.495 e. The summed E-state index contributed by atoms with van der Waals surface area (Å²) in [4.78, 5) is 4.13. The van der Waals surface area contributed by atoms with Crippen LogP contribution in [0.15, 0.2) is 24.5 Å². The van der Waals surface area contributed by atoms with Gasteiger partial charge in [0.2, 0.25) is 0 Å². The van der Waals surface area contributed by atoms with Gasteiger partial charge in [-0.2, -0.15) is 5.10 Å². The number of aryl methyl sites for hydroxylation is 1. The molecule has 1 aromatic carbocycles. The van der Waals surface area contributed by atoms with Crippen molar-refractivity contribution in [2.24, 2.45) is 0 Å². The van der Waals surface area contributed by atoms with Gasteiger partial charge in [-0.3, -0.25) is 0 Å². The van der Waals surface area contributed by atoms with E-state index < -0.39 is 6.67 Å². The van der Waals surface area contributed by atoms with E-state index in [1.54, 1.807) is 23.6 Å². The highest BCUT2D eigenvalue weighted by atomic mass is 35.5. The lowest BCUT2D eigenvalue weighted by Gasteiger charge is -2.06. The third-order valence-electron chi connectivity index (χ3n) is 2.71. The fraction of sp³-hybridized carbons (Fsp3) is 0.385. The summed E-state index contributed by atoms with van der Waals surface area (Å²) in [6, 6.07) is 5.72. The van der Waals surface area contributed by atoms with Gasteiger partial charge in [0.05, 0.1) is 24.4 Å². The molecule has 0 saturated carbocycles. The van der Waals surface area contributed by atoms with Crippen LogP contribution in [-0.2, 0) is 18.1 Å². The molecule has 0 unspecified atom stereocenters. The number of aromatic nitrogens is 3. The molecule has 0 fully saturated rings. The smallest absolute Gasteiger partial charge is 0.138 e. The van der Waals surface area contributed by atoms with Gasteiger partial charge < -0.3 is 4.74 Å². The number of rotatable bonds is 7. The molecule has 0 atom stereocenters. The van der Waals surface area contributed by atoms with Crippen molar-refractivity contribution in [3.63, 3.8) is 0 Å². The van der Waals surface area contributed by atoms with Crippen LogP contribution >= 0.6 is 23.4 Å². The van der Waals surface area contributed by atoms with Crippen molar-refractivity contribution < 1.29 is 9.13 Å². The standard InChI is InChI=1S/C13H15ClFN3OS/c1-19-12-3-2-10(6-11(12)14)7-20-8-13-16-9-17-18(13)5-4-15/h2-3,6,9H,4-5,7-8H2,1H3. The molecule has 2 rings (SSSR count). The molecule has 0 radical (unpaired) electrons. The highest BCUT2D eigenvalue weighted by molar-refractivity contribution is 7.97. The highest BCUT2D eigenvalue weighted by Gasteiger charge is 2.06. The van der Waals surface area contributed by atoms with Crippen LogP contribution < -0.4 is 4.74 Å². The topological polar surface area (TPSA) is 39.9 Å². The summed E-state index contributed by atoms with van der Waals surface area (Å²) in [7, 11) is 1.59. The maximum absolute atomic E-state index is 12.3. The van der Waals surface area contributed by atoms with Crippen molar-refractivity contribution in [3.8, 4) is 5.75 Å². The van der Waals surface area contributed by atoms with Gasteiger partial charge in [-0.25, -0.2) is 14.1 Å². The number of methoxy groups -OCH3 is 1. The third kappa shape index (κ3) is 3.86. The van der Waals surface area contributed by atoms with Crippen molar-refractivity contribution in [2.75, 3.05) is 13.8 Å². The molecule has 0 bridgehead atoms. The fourth-order valence-corrected chi connectivity index (χ4v) is 2.93. The Kier molecular flexibility index (Phi) is 5.67. The summed E-state index contributed by atoms with van der Waals surface area (Å²) in [6.45, 7) is -0.181. The minimum Gasteiger partial charge on any atom is -0.495 e. The van der Waals surface area contributed by atoms with E-state index in [9.17, 15) is 4.39 Å². The van der Waals surface area contributed by atoms with Gasteiger partial charge in [0, 0.05) is 5.75 Å². The molecule has 0 saturated heterocycles. The molecular formula is C13H15ClFN3OS. The lowest BCUT2D eigenvalue weighted by atomic mass is 10.2. The van der Waals surface area contributed by atoms with Crippen LogP contribution in [0.4, 0.5) is 4.39 Å². The zero-order chi connectivity index (χ0) is 14.4. The van der Waals surface area contributed by atoms with E-state index in [1.807, 2.05) is 18.2 Å². The molecular weight excluding hydrogens is 301 g/mol. The van der Waals surface area contributed by atoms with E-state index >= 15 is 0 Å². The molecule has 7 heteroatoms. The molecule has 0 aliphatic rings. The molecule has 108 valence electrons. The first-order chi connectivity index (χ1) is 9.74. The van der Waals surface area contributed by atoms with Gasteiger partial charge in [-0.05, 0) is 17.7 Å². The molecule has 1 aromatic heterocycles. The Morgan fingerprint density at radius 3 is 2.95 bits per heavy atom. The highest BCUT2D eigenvalue weighted by Crippen LogP contribution is 2.27. The Morgan fingerprint density at radius 1 is 1.40 bits per heavy atom. The van der Waals surface area contributed by atoms with E-state index in [0.717, 1.165) is 17.1 Å². The van der Waals surface area contributed by atoms with Crippen molar-refractivity contribution in [3.05, 3.63) is 40.9 Å². The summed E-state index contributed by atoms with van der Waals surface area (Å²) in [5.41, 5.74) is 1.11. The molecule has 4 nitrogen and oxygen atoms in total. The van der Waals surface area contributed by atoms with Crippen LogP contribution in [0, 0.1) is 0 Å². The molecule has 0 aliphatic heterocycles. The van der Waals surface area contributed by atoms with Gasteiger partial charge in [-0.1, -0.05) is 17.7 Å². The van der Waals surface area contributed by atoms with Crippen molar-refractivity contribution >= 4 is 23.4 Å². The molecule has 0 N–H and O–H groups in total. The normalized spacial score (nSPS) is 10.8. The maximum atomic E-state index is 12.3. The van der Waals surface area contributed by atoms with E-state index in [1.165, 1.54) is 6.33 Å². The lowest BCUT2D eigenvalue weighted by molar-refractivity contribution is 0.415. The Bertz CT molecular complexity index is 564. The number of ether oxygens (including phenoxy) is 1.